The normalized spacial score (nSPS) is 14.6. The third kappa shape index (κ3) is 3.94. The molecule has 0 radical (unpaired) electrons. The quantitative estimate of drug-likeness (QED) is 0.649. The number of tetrazole rings is 1. The molecule has 1 aromatic heterocycles. The summed E-state index contributed by atoms with van der Waals surface area (Å²) in [6.45, 7) is 4.89. The molecule has 2 heterocycles. The molecular weight excluding hydrogens is 354 g/mol. The number of hydrogen-bond acceptors (Lipinski definition) is 7. The standard InChI is InChI=1S/C20H21N7O/c21-16-17-6-4-5-9-19(17)28-15-14-25-10-12-26(13-11-25)20-22-23-24-27(20)18-7-2-1-3-8-18/h1-9H,10-15H2. The molecule has 8 nitrogen and oxygen atoms in total. The number of para-hydroxylation sites is 2. The molecule has 4 rings (SSSR count). The van der Waals surface area contributed by atoms with Crippen molar-refractivity contribution >= 4 is 5.95 Å². The van der Waals surface area contributed by atoms with Gasteiger partial charge in [-0.2, -0.15) is 9.94 Å². The van der Waals surface area contributed by atoms with Crippen molar-refractivity contribution in [1.29, 1.82) is 5.26 Å². The Hall–Kier alpha value is -3.44. The Kier molecular flexibility index (Phi) is 5.45. The minimum atomic E-state index is 0.556. The zero-order chi connectivity index (χ0) is 19.2. The predicted octanol–water partition coefficient (Wildman–Crippen LogP) is 1.73. The van der Waals surface area contributed by atoms with Crippen molar-refractivity contribution in [3.63, 3.8) is 0 Å². The van der Waals surface area contributed by atoms with Crippen LogP contribution < -0.4 is 9.64 Å². The molecule has 0 N–H and O–H groups in total. The lowest BCUT2D eigenvalue weighted by molar-refractivity contribution is 0.199. The van der Waals surface area contributed by atoms with E-state index in [1.165, 1.54) is 0 Å². The highest BCUT2D eigenvalue weighted by Gasteiger charge is 2.22. The van der Waals surface area contributed by atoms with Crippen LogP contribution in [0.4, 0.5) is 5.95 Å². The topological polar surface area (TPSA) is 83.1 Å². The van der Waals surface area contributed by atoms with Gasteiger partial charge in [-0.25, -0.2) is 0 Å². The van der Waals surface area contributed by atoms with Crippen LogP contribution in [0, 0.1) is 11.3 Å². The van der Waals surface area contributed by atoms with Gasteiger partial charge in [0.15, 0.2) is 0 Å². The maximum absolute atomic E-state index is 9.13. The van der Waals surface area contributed by atoms with Gasteiger partial charge in [0.05, 0.1) is 11.3 Å². The highest BCUT2D eigenvalue weighted by molar-refractivity contribution is 5.42. The third-order valence-corrected chi connectivity index (χ3v) is 4.78. The lowest BCUT2D eigenvalue weighted by atomic mass is 10.2. The van der Waals surface area contributed by atoms with Crippen molar-refractivity contribution in [3.8, 4) is 17.5 Å². The average Bonchev–Trinajstić information content (AvgIpc) is 3.25. The molecule has 0 amide bonds. The number of aromatic nitrogens is 4. The molecule has 1 aliphatic heterocycles. The molecule has 0 aliphatic carbocycles. The van der Waals surface area contributed by atoms with E-state index >= 15 is 0 Å². The van der Waals surface area contributed by atoms with Gasteiger partial charge >= 0.3 is 0 Å². The van der Waals surface area contributed by atoms with Crippen molar-refractivity contribution in [2.45, 2.75) is 0 Å². The fraction of sp³-hybridized carbons (Fsp3) is 0.300. The first-order chi connectivity index (χ1) is 13.8. The Morgan fingerprint density at radius 1 is 0.964 bits per heavy atom. The van der Waals surface area contributed by atoms with E-state index in [1.54, 1.807) is 10.7 Å². The first-order valence-electron chi connectivity index (χ1n) is 9.28. The number of piperazine rings is 1. The molecule has 3 aromatic rings. The minimum absolute atomic E-state index is 0.556. The summed E-state index contributed by atoms with van der Waals surface area (Å²) >= 11 is 0. The molecule has 1 fully saturated rings. The summed E-state index contributed by atoms with van der Waals surface area (Å²) in [5.41, 5.74) is 1.52. The first kappa shape index (κ1) is 17.9. The number of anilines is 1. The Balaban J connectivity index is 1.30. The third-order valence-electron chi connectivity index (χ3n) is 4.78. The fourth-order valence-corrected chi connectivity index (χ4v) is 3.26. The second kappa shape index (κ2) is 8.50. The molecule has 0 atom stereocenters. The zero-order valence-electron chi connectivity index (χ0n) is 15.5. The zero-order valence-corrected chi connectivity index (χ0v) is 15.5. The molecule has 2 aromatic carbocycles. The van der Waals surface area contributed by atoms with Crippen molar-refractivity contribution in [3.05, 3.63) is 60.2 Å². The highest BCUT2D eigenvalue weighted by atomic mass is 16.5. The SMILES string of the molecule is N#Cc1ccccc1OCCN1CCN(c2nnnn2-c2ccccc2)CC1. The summed E-state index contributed by atoms with van der Waals surface area (Å²) in [6.07, 6.45) is 0. The van der Waals surface area contributed by atoms with E-state index in [2.05, 4.69) is 31.4 Å². The molecule has 8 heteroatoms. The summed E-state index contributed by atoms with van der Waals surface area (Å²) < 4.78 is 7.57. The number of benzene rings is 2. The minimum Gasteiger partial charge on any atom is -0.491 e. The summed E-state index contributed by atoms with van der Waals surface area (Å²) in [5.74, 6) is 1.41. The number of nitriles is 1. The summed E-state index contributed by atoms with van der Waals surface area (Å²) in [4.78, 5) is 4.55. The second-order valence-electron chi connectivity index (χ2n) is 6.51. The molecule has 1 saturated heterocycles. The van der Waals surface area contributed by atoms with Gasteiger partial charge in [0.2, 0.25) is 5.95 Å². The van der Waals surface area contributed by atoms with Crippen LogP contribution in [0.25, 0.3) is 5.69 Å². The number of ether oxygens (including phenoxy) is 1. The van der Waals surface area contributed by atoms with Gasteiger partial charge in [-0.05, 0) is 34.7 Å². The lowest BCUT2D eigenvalue weighted by Gasteiger charge is -2.34. The first-order valence-corrected chi connectivity index (χ1v) is 9.28. The van der Waals surface area contributed by atoms with Crippen LogP contribution in [-0.2, 0) is 0 Å². The summed E-state index contributed by atoms with van der Waals surface area (Å²) in [5, 5.41) is 21.3. The van der Waals surface area contributed by atoms with Crippen LogP contribution in [0.15, 0.2) is 54.6 Å². The van der Waals surface area contributed by atoms with Crippen LogP contribution in [0.1, 0.15) is 5.56 Å². The monoisotopic (exact) mass is 375 g/mol. The van der Waals surface area contributed by atoms with E-state index < -0.39 is 0 Å². The van der Waals surface area contributed by atoms with Crippen LogP contribution in [0.5, 0.6) is 5.75 Å². The van der Waals surface area contributed by atoms with Gasteiger partial charge in [-0.3, -0.25) is 4.90 Å². The molecule has 142 valence electrons. The molecule has 0 unspecified atom stereocenters. The second-order valence-corrected chi connectivity index (χ2v) is 6.51. The lowest BCUT2D eigenvalue weighted by Crippen LogP contribution is -2.48. The highest BCUT2D eigenvalue weighted by Crippen LogP contribution is 2.18. The van der Waals surface area contributed by atoms with Gasteiger partial charge in [0.25, 0.3) is 0 Å². The van der Waals surface area contributed by atoms with Crippen molar-refractivity contribution in [2.24, 2.45) is 0 Å². The summed E-state index contributed by atoms with van der Waals surface area (Å²) in [7, 11) is 0. The van der Waals surface area contributed by atoms with E-state index in [4.69, 9.17) is 10.00 Å². The molecule has 1 aliphatic rings. The average molecular weight is 375 g/mol. The van der Waals surface area contributed by atoms with E-state index in [0.717, 1.165) is 44.4 Å². The Morgan fingerprint density at radius 3 is 2.50 bits per heavy atom. The van der Waals surface area contributed by atoms with Crippen molar-refractivity contribution in [1.82, 2.24) is 25.1 Å². The van der Waals surface area contributed by atoms with Gasteiger partial charge < -0.3 is 9.64 Å². The number of rotatable bonds is 6. The molecule has 0 saturated carbocycles. The molecular formula is C20H21N7O. The van der Waals surface area contributed by atoms with Crippen LogP contribution in [-0.4, -0.2) is 64.4 Å². The van der Waals surface area contributed by atoms with Gasteiger partial charge in [-0.15, -0.1) is 0 Å². The van der Waals surface area contributed by atoms with Gasteiger partial charge in [0, 0.05) is 32.7 Å². The number of nitrogens with zero attached hydrogens (tertiary/aromatic N) is 7. The van der Waals surface area contributed by atoms with Crippen LogP contribution in [0.2, 0.25) is 0 Å². The predicted molar refractivity (Wildman–Crippen MR) is 104 cm³/mol. The van der Waals surface area contributed by atoms with Crippen LogP contribution >= 0.6 is 0 Å². The maximum atomic E-state index is 9.13. The van der Waals surface area contributed by atoms with E-state index in [9.17, 15) is 0 Å². The van der Waals surface area contributed by atoms with Crippen LogP contribution in [0.3, 0.4) is 0 Å². The fourth-order valence-electron chi connectivity index (χ4n) is 3.26. The van der Waals surface area contributed by atoms with E-state index in [1.807, 2.05) is 48.5 Å². The summed E-state index contributed by atoms with van der Waals surface area (Å²) in [6, 6.07) is 19.4. The maximum Gasteiger partial charge on any atom is 0.250 e. The number of hydrogen-bond donors (Lipinski definition) is 0. The molecule has 0 spiro atoms. The van der Waals surface area contributed by atoms with Crippen molar-refractivity contribution in [2.75, 3.05) is 44.2 Å². The van der Waals surface area contributed by atoms with Crippen molar-refractivity contribution < 1.29 is 4.74 Å². The molecule has 0 bridgehead atoms. The Bertz CT molecular complexity index is 942. The Morgan fingerprint density at radius 2 is 1.71 bits per heavy atom. The largest absolute Gasteiger partial charge is 0.491 e. The van der Waals surface area contributed by atoms with E-state index in [0.29, 0.717) is 17.9 Å². The smallest absolute Gasteiger partial charge is 0.250 e. The van der Waals surface area contributed by atoms with Gasteiger partial charge in [0.1, 0.15) is 18.4 Å². The van der Waals surface area contributed by atoms with Gasteiger partial charge in [-0.1, -0.05) is 35.4 Å². The Labute approximate surface area is 163 Å². The van der Waals surface area contributed by atoms with E-state index in [-0.39, 0.29) is 0 Å². The molecule has 28 heavy (non-hydrogen) atoms.